The van der Waals surface area contributed by atoms with E-state index in [1.165, 1.54) is 0 Å². The lowest BCUT2D eigenvalue weighted by Crippen LogP contribution is -2.56. The van der Waals surface area contributed by atoms with Gasteiger partial charge in [-0.25, -0.2) is 0 Å². The van der Waals surface area contributed by atoms with Crippen molar-refractivity contribution in [1.29, 1.82) is 0 Å². The molecule has 3 aromatic rings. The second kappa shape index (κ2) is 8.39. The van der Waals surface area contributed by atoms with E-state index in [2.05, 4.69) is 38.6 Å². The SMILES string of the molecule is C=C(c1cc(C)cc(C)c1)[C@@H]1CCN(Cc2ccccc2)C(=O)[C@]12Cc1ccc(C)cc1C2=O. The largest absolute Gasteiger partial charge is 0.337 e. The predicted octanol–water partition coefficient (Wildman–Crippen LogP) is 6.10. The second-order valence-corrected chi connectivity index (χ2v) is 10.1. The maximum absolute atomic E-state index is 14.3. The van der Waals surface area contributed by atoms with Crippen molar-refractivity contribution in [1.82, 2.24) is 4.90 Å². The third-order valence-corrected chi connectivity index (χ3v) is 7.57. The normalized spacial score (nSPS) is 21.7. The number of Topliss-reactive ketones (excluding diaryl/α,β-unsaturated/α-hetero) is 1. The molecule has 0 N–H and O–H groups in total. The van der Waals surface area contributed by atoms with Crippen molar-refractivity contribution in [2.45, 2.75) is 40.2 Å². The number of fused-ring (bicyclic) bond motifs is 1. The monoisotopic (exact) mass is 449 g/mol. The topological polar surface area (TPSA) is 37.4 Å². The molecule has 1 aliphatic carbocycles. The number of nitrogens with zero attached hydrogens (tertiary/aromatic N) is 1. The average Bonchev–Trinajstić information content (AvgIpc) is 3.09. The number of carbonyl (C=O) groups is 2. The summed E-state index contributed by atoms with van der Waals surface area (Å²) in [6.07, 6.45) is 1.17. The first-order chi connectivity index (χ1) is 16.3. The minimum Gasteiger partial charge on any atom is -0.337 e. The maximum atomic E-state index is 14.3. The van der Waals surface area contributed by atoms with Gasteiger partial charge in [0, 0.05) is 24.6 Å². The number of allylic oxidation sites excluding steroid dienone is 1. The highest BCUT2D eigenvalue weighted by molar-refractivity contribution is 6.19. The van der Waals surface area contributed by atoms with Crippen LogP contribution in [0.3, 0.4) is 0 Å². The average molecular weight is 450 g/mol. The molecule has 34 heavy (non-hydrogen) atoms. The molecule has 0 bridgehead atoms. The summed E-state index contributed by atoms with van der Waals surface area (Å²) in [5, 5.41) is 0. The van der Waals surface area contributed by atoms with Gasteiger partial charge in [0.15, 0.2) is 5.78 Å². The minimum absolute atomic E-state index is 0.0375. The Hall–Kier alpha value is -3.46. The molecule has 172 valence electrons. The summed E-state index contributed by atoms with van der Waals surface area (Å²) in [5.41, 5.74) is 6.93. The van der Waals surface area contributed by atoms with Crippen LogP contribution in [0.4, 0.5) is 0 Å². The number of likely N-dealkylation sites (tertiary alicyclic amines) is 1. The van der Waals surface area contributed by atoms with Gasteiger partial charge < -0.3 is 4.90 Å². The second-order valence-electron chi connectivity index (χ2n) is 10.1. The van der Waals surface area contributed by atoms with E-state index >= 15 is 0 Å². The Morgan fingerprint density at radius 1 is 0.941 bits per heavy atom. The summed E-state index contributed by atoms with van der Waals surface area (Å²) in [6.45, 7) is 11.8. The van der Waals surface area contributed by atoms with Crippen LogP contribution >= 0.6 is 0 Å². The van der Waals surface area contributed by atoms with Crippen LogP contribution in [0.5, 0.6) is 0 Å². The Balaban J connectivity index is 1.59. The van der Waals surface area contributed by atoms with E-state index in [0.717, 1.165) is 45.4 Å². The van der Waals surface area contributed by atoms with E-state index in [-0.39, 0.29) is 17.6 Å². The van der Waals surface area contributed by atoms with Crippen LogP contribution in [-0.2, 0) is 17.8 Å². The third kappa shape index (κ3) is 3.60. The minimum atomic E-state index is -1.13. The van der Waals surface area contributed by atoms with Crippen LogP contribution in [0.1, 0.15) is 50.2 Å². The van der Waals surface area contributed by atoms with E-state index < -0.39 is 5.41 Å². The molecule has 1 fully saturated rings. The summed E-state index contributed by atoms with van der Waals surface area (Å²) in [4.78, 5) is 30.3. The molecule has 2 aliphatic rings. The quantitative estimate of drug-likeness (QED) is 0.452. The Labute approximate surface area is 202 Å². The number of amides is 1. The zero-order valence-electron chi connectivity index (χ0n) is 20.2. The van der Waals surface area contributed by atoms with Crippen molar-refractivity contribution in [2.24, 2.45) is 11.3 Å². The van der Waals surface area contributed by atoms with Crippen LogP contribution in [-0.4, -0.2) is 23.1 Å². The van der Waals surface area contributed by atoms with Gasteiger partial charge >= 0.3 is 0 Å². The summed E-state index contributed by atoms with van der Waals surface area (Å²) in [5.74, 6) is -0.324. The molecule has 0 radical (unpaired) electrons. The summed E-state index contributed by atoms with van der Waals surface area (Å²) < 4.78 is 0. The summed E-state index contributed by atoms with van der Waals surface area (Å²) in [6, 6.07) is 22.4. The van der Waals surface area contributed by atoms with Crippen molar-refractivity contribution >= 4 is 17.3 Å². The number of ketones is 1. The molecule has 3 nitrogen and oxygen atoms in total. The number of benzene rings is 3. The number of rotatable bonds is 4. The molecule has 0 unspecified atom stereocenters. The molecule has 3 heteroatoms. The Morgan fingerprint density at radius 3 is 2.35 bits per heavy atom. The number of piperidine rings is 1. The molecule has 1 amide bonds. The third-order valence-electron chi connectivity index (χ3n) is 7.57. The van der Waals surface area contributed by atoms with E-state index in [1.54, 1.807) is 0 Å². The zero-order chi connectivity index (χ0) is 24.0. The predicted molar refractivity (Wildman–Crippen MR) is 137 cm³/mol. The molecule has 3 aromatic carbocycles. The Bertz CT molecular complexity index is 1290. The molecule has 1 spiro atoms. The van der Waals surface area contributed by atoms with Crippen LogP contribution in [0.2, 0.25) is 0 Å². The fourth-order valence-electron chi connectivity index (χ4n) is 5.98. The highest BCUT2D eigenvalue weighted by atomic mass is 16.2. The molecule has 1 heterocycles. The van der Waals surface area contributed by atoms with Crippen LogP contribution in [0.25, 0.3) is 5.57 Å². The van der Waals surface area contributed by atoms with E-state index in [1.807, 2.05) is 60.4 Å². The van der Waals surface area contributed by atoms with Gasteiger partial charge in [-0.15, -0.1) is 0 Å². The molecule has 1 aliphatic heterocycles. The number of carbonyl (C=O) groups excluding carboxylic acids is 2. The Morgan fingerprint density at radius 2 is 1.65 bits per heavy atom. The Kier molecular flexibility index (Phi) is 5.51. The summed E-state index contributed by atoms with van der Waals surface area (Å²) >= 11 is 0. The van der Waals surface area contributed by atoms with Gasteiger partial charge in [0.25, 0.3) is 0 Å². The van der Waals surface area contributed by atoms with Crippen molar-refractivity contribution < 1.29 is 9.59 Å². The number of hydrogen-bond acceptors (Lipinski definition) is 2. The molecular formula is C31H31NO2. The van der Waals surface area contributed by atoms with Gasteiger partial charge in [0.1, 0.15) is 5.41 Å². The van der Waals surface area contributed by atoms with E-state index in [4.69, 9.17) is 0 Å². The molecular weight excluding hydrogens is 418 g/mol. The van der Waals surface area contributed by atoms with Crippen LogP contribution in [0.15, 0.2) is 73.3 Å². The van der Waals surface area contributed by atoms with Crippen molar-refractivity contribution in [3.05, 3.63) is 112 Å². The standard InChI is InChI=1S/C31H31NO2/c1-20-10-11-25-18-31(29(33)27(25)17-20)28(23(4)26-15-21(2)14-22(3)16-26)12-13-32(30(31)34)19-24-8-6-5-7-9-24/h5-11,14-17,28H,4,12-13,18-19H2,1-3H3/t28-,31+/m0/s1. The van der Waals surface area contributed by atoms with Gasteiger partial charge in [-0.2, -0.15) is 0 Å². The van der Waals surface area contributed by atoms with Crippen LogP contribution in [0, 0.1) is 32.1 Å². The fourth-order valence-corrected chi connectivity index (χ4v) is 5.98. The zero-order valence-corrected chi connectivity index (χ0v) is 20.2. The highest BCUT2D eigenvalue weighted by Gasteiger charge is 2.60. The number of hydrogen-bond donors (Lipinski definition) is 0. The van der Waals surface area contributed by atoms with Crippen molar-refractivity contribution in [3.63, 3.8) is 0 Å². The smallest absolute Gasteiger partial charge is 0.237 e. The highest BCUT2D eigenvalue weighted by Crippen LogP contribution is 2.52. The van der Waals surface area contributed by atoms with Gasteiger partial charge in [-0.1, -0.05) is 83.9 Å². The lowest BCUT2D eigenvalue weighted by atomic mass is 9.63. The molecule has 0 saturated carbocycles. The first kappa shape index (κ1) is 22.3. The van der Waals surface area contributed by atoms with E-state index in [0.29, 0.717) is 25.1 Å². The molecule has 2 atom stereocenters. The maximum Gasteiger partial charge on any atom is 0.237 e. The van der Waals surface area contributed by atoms with Gasteiger partial charge in [-0.3, -0.25) is 9.59 Å². The molecule has 0 aromatic heterocycles. The van der Waals surface area contributed by atoms with Gasteiger partial charge in [-0.05, 0) is 61.9 Å². The summed E-state index contributed by atoms with van der Waals surface area (Å²) in [7, 11) is 0. The van der Waals surface area contributed by atoms with Crippen molar-refractivity contribution in [3.8, 4) is 0 Å². The first-order valence-electron chi connectivity index (χ1n) is 12.0. The lowest BCUT2D eigenvalue weighted by Gasteiger charge is -2.45. The molecule has 1 saturated heterocycles. The first-order valence-corrected chi connectivity index (χ1v) is 12.0. The van der Waals surface area contributed by atoms with Crippen LogP contribution < -0.4 is 0 Å². The number of aryl methyl sites for hydroxylation is 3. The van der Waals surface area contributed by atoms with Gasteiger partial charge in [0.05, 0.1) is 0 Å². The van der Waals surface area contributed by atoms with E-state index in [9.17, 15) is 9.59 Å². The van der Waals surface area contributed by atoms with Gasteiger partial charge in [0.2, 0.25) is 5.91 Å². The lowest BCUT2D eigenvalue weighted by molar-refractivity contribution is -0.145. The van der Waals surface area contributed by atoms with Crippen molar-refractivity contribution in [2.75, 3.05) is 6.54 Å². The molecule has 5 rings (SSSR count). The fraction of sp³-hybridized carbons (Fsp3) is 0.290.